The number of thioether (sulfide) groups is 1. The number of phenolic OH excluding ortho intramolecular Hbond substituents is 1. The monoisotopic (exact) mass is 676 g/mol. The highest BCUT2D eigenvalue weighted by molar-refractivity contribution is 8.02. The van der Waals surface area contributed by atoms with Crippen molar-refractivity contribution in [1.29, 1.82) is 0 Å². The number of esters is 1. The van der Waals surface area contributed by atoms with E-state index in [1.165, 1.54) is 61.7 Å². The maximum absolute atomic E-state index is 13.6. The third kappa shape index (κ3) is 7.50. The number of aromatic nitrogens is 1. The van der Waals surface area contributed by atoms with Gasteiger partial charge in [-0.3, -0.25) is 4.79 Å². The lowest BCUT2D eigenvalue weighted by molar-refractivity contribution is -0.377. The van der Waals surface area contributed by atoms with Gasteiger partial charge in [0.15, 0.2) is 29.3 Å². The van der Waals surface area contributed by atoms with Crippen LogP contribution < -0.4 is 9.72 Å². The van der Waals surface area contributed by atoms with Crippen LogP contribution in [0, 0.1) is 0 Å². The number of aromatic hydroxyl groups is 1. The number of alkyl halides is 2. The summed E-state index contributed by atoms with van der Waals surface area (Å²) in [5.41, 5.74) is 0.711. The summed E-state index contributed by atoms with van der Waals surface area (Å²) in [4.78, 5) is 29.9. The Balaban J connectivity index is 1.65. The van der Waals surface area contributed by atoms with E-state index < -0.39 is 51.5 Å². The van der Waals surface area contributed by atoms with Crippen LogP contribution in [0.15, 0.2) is 59.8 Å². The molecule has 4 rings (SSSR count). The van der Waals surface area contributed by atoms with E-state index in [0.29, 0.717) is 5.56 Å². The maximum atomic E-state index is 13.6. The normalized spacial score (nSPS) is 16.2. The van der Waals surface area contributed by atoms with Crippen LogP contribution in [0.5, 0.6) is 11.5 Å². The Bertz CT molecular complexity index is 1610. The molecule has 1 aromatic heterocycles. The summed E-state index contributed by atoms with van der Waals surface area (Å²) in [5.74, 6) is -2.15. The van der Waals surface area contributed by atoms with Gasteiger partial charge in [0.2, 0.25) is 10.0 Å². The number of halogens is 4. The van der Waals surface area contributed by atoms with Crippen LogP contribution in [0.2, 0.25) is 10.0 Å². The van der Waals surface area contributed by atoms with Crippen molar-refractivity contribution in [2.45, 2.75) is 29.4 Å². The van der Waals surface area contributed by atoms with Gasteiger partial charge in [-0.15, -0.1) is 11.8 Å². The van der Waals surface area contributed by atoms with Crippen molar-refractivity contribution >= 4 is 56.9 Å². The summed E-state index contributed by atoms with van der Waals surface area (Å²) in [6.07, 6.45) is 1.62. The fourth-order valence-electron chi connectivity index (χ4n) is 4.28. The van der Waals surface area contributed by atoms with Crippen molar-refractivity contribution in [2.75, 3.05) is 26.4 Å². The van der Waals surface area contributed by atoms with Crippen LogP contribution in [-0.2, 0) is 26.0 Å². The van der Waals surface area contributed by atoms with E-state index in [0.717, 1.165) is 28.2 Å². The Kier molecular flexibility index (Phi) is 10.4. The molecule has 0 unspecified atom stereocenters. The van der Waals surface area contributed by atoms with E-state index in [1.807, 2.05) is 0 Å². The number of carbonyl (C=O) groups excluding carboxylic acids is 2. The molecule has 1 saturated heterocycles. The lowest BCUT2D eigenvalue weighted by Crippen LogP contribution is -2.40. The zero-order valence-corrected chi connectivity index (χ0v) is 25.8. The predicted molar refractivity (Wildman–Crippen MR) is 155 cm³/mol. The molecule has 0 bridgehead atoms. The number of ether oxygens (including phenoxy) is 2. The summed E-state index contributed by atoms with van der Waals surface area (Å²) in [6, 6.07) is 9.00. The van der Waals surface area contributed by atoms with Crippen molar-refractivity contribution in [3.8, 4) is 11.5 Å². The smallest absolute Gasteiger partial charge is 0.387 e. The van der Waals surface area contributed by atoms with E-state index in [4.69, 9.17) is 27.9 Å². The van der Waals surface area contributed by atoms with Crippen molar-refractivity contribution in [3.05, 3.63) is 81.6 Å². The lowest BCUT2D eigenvalue weighted by atomic mass is 10.0. The number of H-pyrrole nitrogens is 1. The van der Waals surface area contributed by atoms with Gasteiger partial charge in [0.05, 0.1) is 4.90 Å². The molecule has 0 spiro atoms. The first kappa shape index (κ1) is 32.7. The molecule has 0 radical (unpaired) electrons. The summed E-state index contributed by atoms with van der Waals surface area (Å²) < 4.78 is 63.8. The molecule has 2 heterocycles. The lowest BCUT2D eigenvalue weighted by Gasteiger charge is -2.25. The van der Waals surface area contributed by atoms with Gasteiger partial charge in [-0.05, 0) is 35.9 Å². The van der Waals surface area contributed by atoms with Gasteiger partial charge in [-0.2, -0.15) is 13.1 Å². The first-order chi connectivity index (χ1) is 20.3. The van der Waals surface area contributed by atoms with Crippen molar-refractivity contribution in [1.82, 2.24) is 9.21 Å². The number of nitrogens with zero attached hydrogens (tertiary/aromatic N) is 2. The number of hydrogen-bond donors (Lipinski definition) is 1. The first-order valence-corrected chi connectivity index (χ1v) is 15.8. The second-order valence-electron chi connectivity index (χ2n) is 9.43. The average Bonchev–Trinajstić information content (AvgIpc) is 3.46. The Hall–Kier alpha value is -3.17. The van der Waals surface area contributed by atoms with Crippen LogP contribution in [0.25, 0.3) is 0 Å². The van der Waals surface area contributed by atoms with Crippen molar-refractivity contribution in [3.63, 3.8) is 0 Å². The van der Waals surface area contributed by atoms with E-state index in [1.54, 1.807) is 0 Å². The molecule has 1 amide bonds. The standard InChI is InChI=1S/C27H25Cl2F2N3O7S2/c1-33(2)24(36)16-4-3-5-17(10-16)43(38,39)34-8-9-42-25(34)26(37)40-23(12-18-19(28)13-32-14-20(18)29)15-6-7-22(21(35)11-15)41-27(30)31/h3-7,10-11,13-14,23,25,27,35H,8-9,12H2,1-2H3/p+1/t23-,25-/m0/s1. The molecule has 2 aromatic carbocycles. The minimum atomic E-state index is -4.24. The van der Waals surface area contributed by atoms with Crippen LogP contribution in [0.1, 0.15) is 27.6 Å². The van der Waals surface area contributed by atoms with Gasteiger partial charge in [0.25, 0.3) is 5.91 Å². The molecule has 10 nitrogen and oxygen atoms in total. The molecule has 3 aromatic rings. The topological polar surface area (TPSA) is 128 Å². The Morgan fingerprint density at radius 2 is 1.86 bits per heavy atom. The molecular weight excluding hydrogens is 651 g/mol. The summed E-state index contributed by atoms with van der Waals surface area (Å²) in [7, 11) is -1.17. The van der Waals surface area contributed by atoms with E-state index in [-0.39, 0.29) is 44.8 Å². The Morgan fingerprint density at radius 1 is 1.16 bits per heavy atom. The molecule has 1 aliphatic rings. The largest absolute Gasteiger partial charge is 0.504 e. The molecule has 230 valence electrons. The second kappa shape index (κ2) is 13.6. The van der Waals surface area contributed by atoms with Crippen LogP contribution in [0.3, 0.4) is 0 Å². The molecule has 2 atom stereocenters. The van der Waals surface area contributed by atoms with E-state index in [2.05, 4.69) is 9.72 Å². The van der Waals surface area contributed by atoms with Crippen molar-refractivity contribution < 1.29 is 46.4 Å². The van der Waals surface area contributed by atoms with Gasteiger partial charge >= 0.3 is 12.6 Å². The molecule has 2 N–H and O–H groups in total. The number of hydrogen-bond acceptors (Lipinski definition) is 8. The van der Waals surface area contributed by atoms with Gasteiger partial charge < -0.3 is 19.5 Å². The fourth-order valence-corrected chi connectivity index (χ4v) is 7.91. The van der Waals surface area contributed by atoms with Crippen LogP contribution >= 0.6 is 35.0 Å². The van der Waals surface area contributed by atoms with Gasteiger partial charge in [0, 0.05) is 43.9 Å². The number of aromatic amines is 1. The minimum absolute atomic E-state index is 0.00405. The predicted octanol–water partition coefficient (Wildman–Crippen LogP) is 4.41. The number of benzene rings is 2. The molecule has 43 heavy (non-hydrogen) atoms. The highest BCUT2D eigenvalue weighted by Crippen LogP contribution is 2.37. The van der Waals surface area contributed by atoms with E-state index >= 15 is 0 Å². The maximum Gasteiger partial charge on any atom is 0.387 e. The number of nitrogens with one attached hydrogen (secondary N) is 1. The molecule has 0 saturated carbocycles. The van der Waals surface area contributed by atoms with Gasteiger partial charge in [0.1, 0.15) is 16.1 Å². The highest BCUT2D eigenvalue weighted by Gasteiger charge is 2.42. The Labute approximate surface area is 260 Å². The fraction of sp³-hybridized carbons (Fsp3) is 0.296. The van der Waals surface area contributed by atoms with E-state index in [9.17, 15) is 31.9 Å². The third-order valence-corrected chi connectivity index (χ3v) is 10.2. The van der Waals surface area contributed by atoms with Crippen LogP contribution in [-0.4, -0.2) is 73.0 Å². The number of sulfonamides is 1. The van der Waals surface area contributed by atoms with Gasteiger partial charge in [-0.1, -0.05) is 35.3 Å². The zero-order chi connectivity index (χ0) is 31.5. The molecule has 16 heteroatoms. The highest BCUT2D eigenvalue weighted by atomic mass is 35.5. The number of pyridine rings is 1. The van der Waals surface area contributed by atoms with Crippen molar-refractivity contribution in [2.24, 2.45) is 0 Å². The summed E-state index contributed by atoms with van der Waals surface area (Å²) in [5, 5.41) is 9.44. The molecule has 1 fully saturated rings. The summed E-state index contributed by atoms with van der Waals surface area (Å²) >= 11 is 13.7. The molecule has 1 aliphatic heterocycles. The van der Waals surface area contributed by atoms with Gasteiger partial charge in [-0.25, -0.2) is 18.2 Å². The quantitative estimate of drug-likeness (QED) is 0.313. The first-order valence-electron chi connectivity index (χ1n) is 12.6. The molecule has 0 aliphatic carbocycles. The Morgan fingerprint density at radius 3 is 2.49 bits per heavy atom. The molecular formula is C27H26Cl2F2N3O7S2+. The zero-order valence-electron chi connectivity index (χ0n) is 22.7. The summed E-state index contributed by atoms with van der Waals surface area (Å²) in [6.45, 7) is -3.19. The number of rotatable bonds is 10. The number of phenols is 1. The second-order valence-corrected chi connectivity index (χ2v) is 13.3. The average molecular weight is 678 g/mol. The minimum Gasteiger partial charge on any atom is -0.504 e. The third-order valence-electron chi connectivity index (χ3n) is 6.36. The number of amides is 1. The van der Waals surface area contributed by atoms with Crippen LogP contribution in [0.4, 0.5) is 8.78 Å². The number of carbonyl (C=O) groups is 2. The SMILES string of the molecule is CN(C)C(=O)c1cccc(S(=O)(=O)N2CCS[C@H]2C(=O)O[C@@H](Cc2c(Cl)c[nH+]cc2Cl)c2ccc(OC(F)F)c(O)c2)c1.